The van der Waals surface area contributed by atoms with Gasteiger partial charge in [0.1, 0.15) is 0 Å². The number of para-hydroxylation sites is 1. The van der Waals surface area contributed by atoms with Crippen molar-refractivity contribution in [1.29, 1.82) is 5.26 Å². The molecule has 2 N–H and O–H groups in total. The predicted molar refractivity (Wildman–Crippen MR) is 64.0 cm³/mol. The zero-order valence-corrected chi connectivity index (χ0v) is 9.62. The molecule has 0 amide bonds. The van der Waals surface area contributed by atoms with E-state index in [1.165, 1.54) is 0 Å². The van der Waals surface area contributed by atoms with Gasteiger partial charge in [0.25, 0.3) is 0 Å². The zero-order chi connectivity index (χ0) is 11.4. The number of benzene rings is 1. The summed E-state index contributed by atoms with van der Waals surface area (Å²) in [6, 6.07) is 7.76. The SMILES string of the molecule is CC(CC#N)N(C)c1cccc(Cl)c1N. The van der Waals surface area contributed by atoms with Gasteiger partial charge >= 0.3 is 0 Å². The summed E-state index contributed by atoms with van der Waals surface area (Å²) < 4.78 is 0. The van der Waals surface area contributed by atoms with Crippen molar-refractivity contribution in [1.82, 2.24) is 0 Å². The number of halogens is 1. The van der Waals surface area contributed by atoms with Gasteiger partial charge in [-0.15, -0.1) is 0 Å². The second kappa shape index (κ2) is 4.90. The molecule has 0 radical (unpaired) electrons. The Morgan fingerprint density at radius 2 is 2.27 bits per heavy atom. The molecule has 80 valence electrons. The Morgan fingerprint density at radius 1 is 1.60 bits per heavy atom. The molecular weight excluding hydrogens is 210 g/mol. The van der Waals surface area contributed by atoms with Crippen molar-refractivity contribution in [3.05, 3.63) is 23.2 Å². The minimum atomic E-state index is 0.121. The van der Waals surface area contributed by atoms with E-state index in [1.807, 2.05) is 31.0 Å². The van der Waals surface area contributed by atoms with Crippen molar-refractivity contribution in [3.8, 4) is 6.07 Å². The van der Waals surface area contributed by atoms with E-state index in [-0.39, 0.29) is 6.04 Å². The second-order valence-electron chi connectivity index (χ2n) is 3.49. The van der Waals surface area contributed by atoms with E-state index >= 15 is 0 Å². The smallest absolute Gasteiger partial charge is 0.0741 e. The van der Waals surface area contributed by atoms with Crippen LogP contribution in [0.5, 0.6) is 0 Å². The third-order valence-corrected chi connectivity index (χ3v) is 2.79. The van der Waals surface area contributed by atoms with E-state index in [4.69, 9.17) is 22.6 Å². The molecule has 0 aliphatic rings. The number of nitrogens with two attached hydrogens (primary N) is 1. The van der Waals surface area contributed by atoms with Crippen molar-refractivity contribution in [2.24, 2.45) is 0 Å². The van der Waals surface area contributed by atoms with Crippen LogP contribution >= 0.6 is 11.6 Å². The zero-order valence-electron chi connectivity index (χ0n) is 8.87. The Bertz CT molecular complexity index is 384. The molecule has 0 aliphatic heterocycles. The van der Waals surface area contributed by atoms with E-state index in [1.54, 1.807) is 6.07 Å². The molecule has 0 saturated heterocycles. The molecule has 0 heterocycles. The highest BCUT2D eigenvalue weighted by Crippen LogP contribution is 2.30. The average molecular weight is 224 g/mol. The average Bonchev–Trinajstić information content (AvgIpc) is 2.21. The van der Waals surface area contributed by atoms with E-state index < -0.39 is 0 Å². The van der Waals surface area contributed by atoms with Gasteiger partial charge in [-0.3, -0.25) is 0 Å². The van der Waals surface area contributed by atoms with E-state index in [0.29, 0.717) is 17.1 Å². The van der Waals surface area contributed by atoms with Gasteiger partial charge in [-0.05, 0) is 19.1 Å². The van der Waals surface area contributed by atoms with Gasteiger partial charge in [-0.1, -0.05) is 17.7 Å². The summed E-state index contributed by atoms with van der Waals surface area (Å²) >= 11 is 5.92. The number of hydrogen-bond acceptors (Lipinski definition) is 3. The summed E-state index contributed by atoms with van der Waals surface area (Å²) in [7, 11) is 1.91. The number of nitrogens with zero attached hydrogens (tertiary/aromatic N) is 2. The third-order valence-electron chi connectivity index (χ3n) is 2.46. The van der Waals surface area contributed by atoms with E-state index in [9.17, 15) is 0 Å². The molecule has 3 nitrogen and oxygen atoms in total. The molecule has 0 fully saturated rings. The maximum absolute atomic E-state index is 8.62. The lowest BCUT2D eigenvalue weighted by molar-refractivity contribution is 0.703. The van der Waals surface area contributed by atoms with Crippen LogP contribution in [-0.2, 0) is 0 Å². The highest BCUT2D eigenvalue weighted by Gasteiger charge is 2.13. The summed E-state index contributed by atoms with van der Waals surface area (Å²) in [4.78, 5) is 1.96. The van der Waals surface area contributed by atoms with Gasteiger partial charge in [0.05, 0.1) is 28.9 Å². The van der Waals surface area contributed by atoms with Crippen LogP contribution < -0.4 is 10.6 Å². The fraction of sp³-hybridized carbons (Fsp3) is 0.364. The van der Waals surface area contributed by atoms with Crippen molar-refractivity contribution in [2.45, 2.75) is 19.4 Å². The molecule has 1 aromatic rings. The molecule has 1 atom stereocenters. The first-order chi connectivity index (χ1) is 7.07. The summed E-state index contributed by atoms with van der Waals surface area (Å²) in [6.07, 6.45) is 0.461. The number of anilines is 2. The first-order valence-corrected chi connectivity index (χ1v) is 5.09. The van der Waals surface area contributed by atoms with Crippen LogP contribution in [0.2, 0.25) is 5.02 Å². The Labute approximate surface area is 95.1 Å². The number of hydrogen-bond donors (Lipinski definition) is 1. The molecule has 4 heteroatoms. The Balaban J connectivity index is 2.96. The van der Waals surface area contributed by atoms with Crippen LogP contribution in [0.1, 0.15) is 13.3 Å². The number of nitrogen functional groups attached to an aromatic ring is 1. The number of rotatable bonds is 3. The first kappa shape index (κ1) is 11.7. The van der Waals surface area contributed by atoms with Gasteiger partial charge in [-0.25, -0.2) is 0 Å². The molecule has 0 saturated carbocycles. The molecular formula is C11H14ClN3. The lowest BCUT2D eigenvalue weighted by Crippen LogP contribution is -2.29. The maximum Gasteiger partial charge on any atom is 0.0741 e. The minimum Gasteiger partial charge on any atom is -0.396 e. The Hall–Kier alpha value is -1.40. The van der Waals surface area contributed by atoms with Gasteiger partial charge in [-0.2, -0.15) is 5.26 Å². The third kappa shape index (κ3) is 2.54. The normalized spacial score (nSPS) is 11.9. The molecule has 1 unspecified atom stereocenters. The summed E-state index contributed by atoms with van der Waals surface area (Å²) in [5, 5.41) is 9.17. The largest absolute Gasteiger partial charge is 0.396 e. The van der Waals surface area contributed by atoms with E-state index in [2.05, 4.69) is 6.07 Å². The summed E-state index contributed by atoms with van der Waals surface area (Å²) in [6.45, 7) is 1.98. The quantitative estimate of drug-likeness (QED) is 0.802. The van der Waals surface area contributed by atoms with E-state index in [0.717, 1.165) is 5.69 Å². The lowest BCUT2D eigenvalue weighted by Gasteiger charge is -2.26. The molecule has 0 spiro atoms. The van der Waals surface area contributed by atoms with Gasteiger partial charge in [0.2, 0.25) is 0 Å². The molecule has 0 aliphatic carbocycles. The van der Waals surface area contributed by atoms with Crippen molar-refractivity contribution in [2.75, 3.05) is 17.7 Å². The maximum atomic E-state index is 8.62. The summed E-state index contributed by atoms with van der Waals surface area (Å²) in [5.74, 6) is 0. The van der Waals surface area contributed by atoms with Gasteiger partial charge in [0, 0.05) is 13.1 Å². The van der Waals surface area contributed by atoms with Crippen LogP contribution in [0.4, 0.5) is 11.4 Å². The van der Waals surface area contributed by atoms with Crippen molar-refractivity contribution < 1.29 is 0 Å². The second-order valence-corrected chi connectivity index (χ2v) is 3.90. The topological polar surface area (TPSA) is 53.0 Å². The predicted octanol–water partition coefficient (Wildman–Crippen LogP) is 2.66. The van der Waals surface area contributed by atoms with Crippen molar-refractivity contribution >= 4 is 23.0 Å². The molecule has 0 bridgehead atoms. The molecule has 15 heavy (non-hydrogen) atoms. The van der Waals surface area contributed by atoms with Crippen molar-refractivity contribution in [3.63, 3.8) is 0 Å². The van der Waals surface area contributed by atoms with Crippen LogP contribution in [0.15, 0.2) is 18.2 Å². The Kier molecular flexibility index (Phi) is 3.81. The minimum absolute atomic E-state index is 0.121. The summed E-state index contributed by atoms with van der Waals surface area (Å²) in [5.41, 5.74) is 7.29. The van der Waals surface area contributed by atoms with Gasteiger partial charge < -0.3 is 10.6 Å². The fourth-order valence-corrected chi connectivity index (χ4v) is 1.51. The fourth-order valence-electron chi connectivity index (χ4n) is 1.34. The van der Waals surface area contributed by atoms with Crippen LogP contribution in [-0.4, -0.2) is 13.1 Å². The molecule has 1 rings (SSSR count). The molecule has 0 aromatic heterocycles. The number of nitriles is 1. The molecule has 1 aromatic carbocycles. The lowest BCUT2D eigenvalue weighted by atomic mass is 10.2. The van der Waals surface area contributed by atoms with Crippen LogP contribution in [0, 0.1) is 11.3 Å². The van der Waals surface area contributed by atoms with Crippen LogP contribution in [0.3, 0.4) is 0 Å². The monoisotopic (exact) mass is 223 g/mol. The standard InChI is InChI=1S/C11H14ClN3/c1-8(6-7-13)15(2)10-5-3-4-9(12)11(10)14/h3-5,8H,6,14H2,1-2H3. The van der Waals surface area contributed by atoms with Crippen LogP contribution in [0.25, 0.3) is 0 Å². The Morgan fingerprint density at radius 3 is 2.87 bits per heavy atom. The highest BCUT2D eigenvalue weighted by atomic mass is 35.5. The highest BCUT2D eigenvalue weighted by molar-refractivity contribution is 6.33. The first-order valence-electron chi connectivity index (χ1n) is 4.71. The van der Waals surface area contributed by atoms with Gasteiger partial charge in [0.15, 0.2) is 0 Å².